The fourth-order valence-electron chi connectivity index (χ4n) is 1.96. The Hall–Kier alpha value is -0.380. The maximum atomic E-state index is 6.23. The number of rotatable bonds is 6. The summed E-state index contributed by atoms with van der Waals surface area (Å²) in [5.41, 5.74) is 6.23. The molecule has 0 fully saturated rings. The van der Waals surface area contributed by atoms with Crippen molar-refractivity contribution in [3.63, 3.8) is 0 Å². The quantitative estimate of drug-likeness (QED) is 0.808. The molecular weight excluding hydrogens is 204 g/mol. The third-order valence-electron chi connectivity index (χ3n) is 2.92. The van der Waals surface area contributed by atoms with E-state index >= 15 is 0 Å². The van der Waals surface area contributed by atoms with Gasteiger partial charge in [0.05, 0.1) is 6.04 Å². The summed E-state index contributed by atoms with van der Waals surface area (Å²) in [7, 11) is 0. The Morgan fingerprint density at radius 2 is 2.00 bits per heavy atom. The van der Waals surface area contributed by atoms with Gasteiger partial charge in [-0.1, -0.05) is 26.8 Å². The standard InChI is InChI=1S/C12H22N2S/c1-4-10(13)12(14(5-2)6-3)11-8-7-9-15-11/h7-10,12H,4-6,13H2,1-3H3. The van der Waals surface area contributed by atoms with Crippen LogP contribution in [0.15, 0.2) is 17.5 Å². The van der Waals surface area contributed by atoms with Crippen molar-refractivity contribution in [2.24, 2.45) is 5.73 Å². The summed E-state index contributed by atoms with van der Waals surface area (Å²) in [5.74, 6) is 0. The van der Waals surface area contributed by atoms with E-state index in [9.17, 15) is 0 Å². The van der Waals surface area contributed by atoms with Crippen LogP contribution in [0.1, 0.15) is 38.1 Å². The summed E-state index contributed by atoms with van der Waals surface area (Å²) in [5, 5.41) is 2.13. The maximum Gasteiger partial charge on any atom is 0.0593 e. The smallest absolute Gasteiger partial charge is 0.0593 e. The first-order valence-electron chi connectivity index (χ1n) is 5.77. The third kappa shape index (κ3) is 3.03. The summed E-state index contributed by atoms with van der Waals surface area (Å²) in [6, 6.07) is 4.94. The first-order valence-corrected chi connectivity index (χ1v) is 6.65. The Morgan fingerprint density at radius 1 is 1.33 bits per heavy atom. The van der Waals surface area contributed by atoms with Crippen LogP contribution in [0, 0.1) is 0 Å². The molecule has 0 spiro atoms. The van der Waals surface area contributed by atoms with E-state index in [1.165, 1.54) is 4.88 Å². The minimum absolute atomic E-state index is 0.239. The Labute approximate surface area is 97.1 Å². The molecule has 2 nitrogen and oxygen atoms in total. The average molecular weight is 226 g/mol. The zero-order valence-corrected chi connectivity index (χ0v) is 10.8. The number of hydrogen-bond acceptors (Lipinski definition) is 3. The van der Waals surface area contributed by atoms with E-state index in [-0.39, 0.29) is 6.04 Å². The van der Waals surface area contributed by atoms with Gasteiger partial charge >= 0.3 is 0 Å². The molecule has 3 heteroatoms. The van der Waals surface area contributed by atoms with Crippen LogP contribution in [0.2, 0.25) is 0 Å². The first-order chi connectivity index (χ1) is 7.24. The number of nitrogens with zero attached hydrogens (tertiary/aromatic N) is 1. The molecule has 1 rings (SSSR count). The summed E-state index contributed by atoms with van der Waals surface area (Å²) in [4.78, 5) is 3.84. The van der Waals surface area contributed by atoms with Gasteiger partial charge < -0.3 is 5.73 Å². The van der Waals surface area contributed by atoms with Crippen molar-refractivity contribution in [2.45, 2.75) is 39.3 Å². The monoisotopic (exact) mass is 226 g/mol. The van der Waals surface area contributed by atoms with Crippen molar-refractivity contribution in [1.82, 2.24) is 4.90 Å². The van der Waals surface area contributed by atoms with Crippen molar-refractivity contribution in [2.75, 3.05) is 13.1 Å². The summed E-state index contributed by atoms with van der Waals surface area (Å²) in [6.45, 7) is 8.69. The van der Waals surface area contributed by atoms with Gasteiger partial charge in [-0.05, 0) is 31.0 Å². The van der Waals surface area contributed by atoms with Gasteiger partial charge in [0, 0.05) is 10.9 Å². The fraction of sp³-hybridized carbons (Fsp3) is 0.667. The lowest BCUT2D eigenvalue weighted by Gasteiger charge is -2.33. The van der Waals surface area contributed by atoms with Crippen LogP contribution in [0.5, 0.6) is 0 Å². The van der Waals surface area contributed by atoms with Crippen LogP contribution in [-0.2, 0) is 0 Å². The van der Waals surface area contributed by atoms with Crippen molar-refractivity contribution in [3.05, 3.63) is 22.4 Å². The molecule has 0 aliphatic carbocycles. The Balaban J connectivity index is 2.87. The second kappa shape index (κ2) is 6.26. The van der Waals surface area contributed by atoms with Gasteiger partial charge in [0.1, 0.15) is 0 Å². The molecule has 2 atom stereocenters. The lowest BCUT2D eigenvalue weighted by molar-refractivity contribution is 0.190. The van der Waals surface area contributed by atoms with E-state index in [1.807, 2.05) is 11.3 Å². The van der Waals surface area contributed by atoms with Crippen LogP contribution < -0.4 is 5.73 Å². The predicted molar refractivity (Wildman–Crippen MR) is 68.2 cm³/mol. The maximum absolute atomic E-state index is 6.23. The topological polar surface area (TPSA) is 29.3 Å². The average Bonchev–Trinajstić information content (AvgIpc) is 2.77. The first kappa shape index (κ1) is 12.7. The Morgan fingerprint density at radius 3 is 2.40 bits per heavy atom. The minimum Gasteiger partial charge on any atom is -0.326 e. The SMILES string of the molecule is CCC(N)C(c1cccs1)N(CC)CC. The van der Waals surface area contributed by atoms with Crippen LogP contribution in [0.3, 0.4) is 0 Å². The highest BCUT2D eigenvalue weighted by Gasteiger charge is 2.24. The number of likely N-dealkylation sites (N-methyl/N-ethyl adjacent to an activating group) is 1. The van der Waals surface area contributed by atoms with E-state index < -0.39 is 0 Å². The second-order valence-electron chi connectivity index (χ2n) is 3.75. The van der Waals surface area contributed by atoms with Crippen LogP contribution in [0.25, 0.3) is 0 Å². The predicted octanol–water partition coefficient (Wildman–Crippen LogP) is 2.87. The van der Waals surface area contributed by atoms with Crippen LogP contribution in [0.4, 0.5) is 0 Å². The number of hydrogen-bond donors (Lipinski definition) is 1. The molecule has 1 aromatic rings. The van der Waals surface area contributed by atoms with Gasteiger partial charge in [0.25, 0.3) is 0 Å². The molecule has 0 bridgehead atoms. The highest BCUT2D eigenvalue weighted by atomic mass is 32.1. The molecule has 15 heavy (non-hydrogen) atoms. The van der Waals surface area contributed by atoms with Crippen LogP contribution >= 0.6 is 11.3 Å². The van der Waals surface area contributed by atoms with Gasteiger partial charge in [-0.3, -0.25) is 4.90 Å². The molecule has 2 N–H and O–H groups in total. The molecule has 0 aliphatic rings. The minimum atomic E-state index is 0.239. The number of nitrogens with two attached hydrogens (primary N) is 1. The molecule has 86 valence electrons. The van der Waals surface area contributed by atoms with Crippen molar-refractivity contribution in [3.8, 4) is 0 Å². The molecule has 2 unspecified atom stereocenters. The van der Waals surface area contributed by atoms with Crippen molar-refractivity contribution >= 4 is 11.3 Å². The summed E-state index contributed by atoms with van der Waals surface area (Å²) in [6.07, 6.45) is 1.03. The van der Waals surface area contributed by atoms with Gasteiger partial charge in [-0.15, -0.1) is 11.3 Å². The van der Waals surface area contributed by atoms with E-state index in [2.05, 4.69) is 43.2 Å². The second-order valence-corrected chi connectivity index (χ2v) is 4.73. The zero-order valence-electron chi connectivity index (χ0n) is 9.94. The number of thiophene rings is 1. The lowest BCUT2D eigenvalue weighted by Crippen LogP contribution is -2.40. The molecule has 0 saturated heterocycles. The highest BCUT2D eigenvalue weighted by Crippen LogP contribution is 2.28. The van der Waals surface area contributed by atoms with Crippen molar-refractivity contribution in [1.29, 1.82) is 0 Å². The molecule has 0 amide bonds. The molecule has 0 aliphatic heterocycles. The summed E-state index contributed by atoms with van der Waals surface area (Å²) < 4.78 is 0. The van der Waals surface area contributed by atoms with E-state index in [4.69, 9.17) is 5.73 Å². The zero-order chi connectivity index (χ0) is 11.3. The highest BCUT2D eigenvalue weighted by molar-refractivity contribution is 7.10. The molecule has 1 aromatic heterocycles. The fourth-order valence-corrected chi connectivity index (χ4v) is 2.90. The van der Waals surface area contributed by atoms with Gasteiger partial charge in [0.15, 0.2) is 0 Å². The Bertz CT molecular complexity index is 255. The largest absolute Gasteiger partial charge is 0.326 e. The van der Waals surface area contributed by atoms with E-state index in [0.29, 0.717) is 6.04 Å². The van der Waals surface area contributed by atoms with Crippen LogP contribution in [-0.4, -0.2) is 24.0 Å². The lowest BCUT2D eigenvalue weighted by atomic mass is 10.0. The van der Waals surface area contributed by atoms with Crippen molar-refractivity contribution < 1.29 is 0 Å². The normalized spacial score (nSPS) is 15.5. The summed E-state index contributed by atoms with van der Waals surface area (Å²) >= 11 is 1.81. The molecular formula is C12H22N2S. The van der Waals surface area contributed by atoms with Gasteiger partial charge in [-0.2, -0.15) is 0 Å². The third-order valence-corrected chi connectivity index (χ3v) is 3.86. The van der Waals surface area contributed by atoms with E-state index in [1.54, 1.807) is 0 Å². The van der Waals surface area contributed by atoms with E-state index in [0.717, 1.165) is 19.5 Å². The van der Waals surface area contributed by atoms with Gasteiger partial charge in [0.2, 0.25) is 0 Å². The Kier molecular flexibility index (Phi) is 5.29. The molecule has 0 aromatic carbocycles. The molecule has 0 saturated carbocycles. The van der Waals surface area contributed by atoms with Gasteiger partial charge in [-0.25, -0.2) is 0 Å². The molecule has 1 heterocycles. The molecule has 0 radical (unpaired) electrons.